The predicted molar refractivity (Wildman–Crippen MR) is 121 cm³/mol. The van der Waals surface area contributed by atoms with Gasteiger partial charge >= 0.3 is 0 Å². The normalized spacial score (nSPS) is 16.7. The Morgan fingerprint density at radius 2 is 1.93 bits per heavy atom. The van der Waals surface area contributed by atoms with E-state index in [1.807, 2.05) is 17.0 Å². The highest BCUT2D eigenvalue weighted by Crippen LogP contribution is 2.15. The van der Waals surface area contributed by atoms with E-state index in [1.54, 1.807) is 12.1 Å². The molecule has 0 bridgehead atoms. The van der Waals surface area contributed by atoms with E-state index in [0.717, 1.165) is 70.4 Å². The van der Waals surface area contributed by atoms with Crippen LogP contribution in [0, 0.1) is 0 Å². The van der Waals surface area contributed by atoms with Gasteiger partial charge < -0.3 is 15.1 Å². The number of amides is 1. The first-order valence-corrected chi connectivity index (χ1v) is 12.6. The number of sulfonamides is 1. The van der Waals surface area contributed by atoms with Crippen molar-refractivity contribution in [1.82, 2.24) is 19.8 Å². The molecule has 1 fully saturated rings. The van der Waals surface area contributed by atoms with Gasteiger partial charge in [-0.15, -0.1) is 0 Å². The first-order valence-electron chi connectivity index (χ1n) is 11.1. The number of nitrogens with one attached hydrogen (secondary N) is 2. The molecule has 8 heteroatoms. The van der Waals surface area contributed by atoms with Crippen LogP contribution < -0.4 is 10.0 Å². The van der Waals surface area contributed by atoms with Crippen LogP contribution in [0.3, 0.4) is 0 Å². The lowest BCUT2D eigenvalue weighted by Crippen LogP contribution is -2.37. The van der Waals surface area contributed by atoms with E-state index in [4.69, 9.17) is 0 Å². The zero-order valence-corrected chi connectivity index (χ0v) is 19.5. The summed E-state index contributed by atoms with van der Waals surface area (Å²) in [6, 6.07) is 7.53. The smallest absolute Gasteiger partial charge is 0.240 e. The molecule has 30 heavy (non-hydrogen) atoms. The molecule has 2 rings (SSSR count). The largest absolute Gasteiger partial charge is 0.342 e. The molecule has 1 amide bonds. The minimum absolute atomic E-state index is 0.218. The van der Waals surface area contributed by atoms with Gasteiger partial charge in [0.15, 0.2) is 0 Å². The molecule has 2 N–H and O–H groups in total. The topological polar surface area (TPSA) is 81.8 Å². The lowest BCUT2D eigenvalue weighted by Gasteiger charge is -2.29. The number of carbonyl (C=O) groups excluding carboxylic acids is 1. The summed E-state index contributed by atoms with van der Waals surface area (Å²) in [5, 5.41) is 3.17. The van der Waals surface area contributed by atoms with Crippen LogP contribution in [0.1, 0.15) is 45.1 Å². The highest BCUT2D eigenvalue weighted by molar-refractivity contribution is 7.89. The number of nitrogens with zero attached hydrogens (tertiary/aromatic N) is 2. The van der Waals surface area contributed by atoms with Crippen LogP contribution in [0.15, 0.2) is 29.2 Å². The summed E-state index contributed by atoms with van der Waals surface area (Å²) in [7, 11) is -1.97. The highest BCUT2D eigenvalue weighted by atomic mass is 32.2. The summed E-state index contributed by atoms with van der Waals surface area (Å²) in [5.74, 6) is 0.218. The molecule has 0 radical (unpaired) electrons. The van der Waals surface area contributed by atoms with Crippen LogP contribution in [-0.2, 0) is 21.2 Å². The molecule has 1 atom stereocenters. The van der Waals surface area contributed by atoms with Crippen LogP contribution in [0.4, 0.5) is 0 Å². The van der Waals surface area contributed by atoms with Crippen molar-refractivity contribution in [1.29, 1.82) is 0 Å². The van der Waals surface area contributed by atoms with Crippen molar-refractivity contribution >= 4 is 15.9 Å². The number of unbranched alkanes of at least 4 members (excludes halogenated alkanes) is 1. The second kappa shape index (κ2) is 12.4. The molecule has 0 saturated carbocycles. The number of carbonyl (C=O) groups is 1. The Balaban J connectivity index is 1.83. The van der Waals surface area contributed by atoms with Crippen LogP contribution in [0.2, 0.25) is 0 Å². The van der Waals surface area contributed by atoms with Crippen LogP contribution in [0.25, 0.3) is 0 Å². The SMILES string of the molecule is CCCN(CCCCN1CCCNCC1=O)C(C)Cc1ccc(S(=O)(=O)NC)cc1. The van der Waals surface area contributed by atoms with Gasteiger partial charge in [0.1, 0.15) is 0 Å². The second-order valence-corrected chi connectivity index (χ2v) is 9.95. The van der Waals surface area contributed by atoms with Crippen LogP contribution >= 0.6 is 0 Å². The van der Waals surface area contributed by atoms with E-state index in [-0.39, 0.29) is 5.91 Å². The molecule has 1 saturated heterocycles. The summed E-state index contributed by atoms with van der Waals surface area (Å²) in [6.07, 6.45) is 5.10. The van der Waals surface area contributed by atoms with Gasteiger partial charge in [-0.1, -0.05) is 19.1 Å². The summed E-state index contributed by atoms with van der Waals surface area (Å²) >= 11 is 0. The third-order valence-electron chi connectivity index (χ3n) is 5.70. The average molecular weight is 439 g/mol. The first-order chi connectivity index (χ1) is 14.4. The maximum atomic E-state index is 12.1. The third-order valence-corrected chi connectivity index (χ3v) is 7.13. The number of benzene rings is 1. The standard InChI is InChI=1S/C22H38N4O3S/c1-4-13-25(14-5-6-15-26-16-7-12-24-18-22(26)27)19(2)17-20-8-10-21(11-9-20)30(28,29)23-3/h8-11,19,23-24H,4-7,12-18H2,1-3H3. The van der Waals surface area contributed by atoms with Gasteiger partial charge in [-0.25, -0.2) is 13.1 Å². The molecule has 0 spiro atoms. The quantitative estimate of drug-likeness (QED) is 0.487. The van der Waals surface area contributed by atoms with Crippen molar-refractivity contribution < 1.29 is 13.2 Å². The fourth-order valence-electron chi connectivity index (χ4n) is 3.91. The predicted octanol–water partition coefficient (Wildman–Crippen LogP) is 1.84. The van der Waals surface area contributed by atoms with Gasteiger partial charge in [0.05, 0.1) is 11.4 Å². The maximum absolute atomic E-state index is 12.1. The average Bonchev–Trinajstić information content (AvgIpc) is 2.94. The molecule has 0 aliphatic carbocycles. The summed E-state index contributed by atoms with van der Waals surface area (Å²) in [6.45, 7) is 9.58. The Bertz CT molecular complexity index is 752. The molecule has 0 aromatic heterocycles. The summed E-state index contributed by atoms with van der Waals surface area (Å²) < 4.78 is 26.1. The second-order valence-electron chi connectivity index (χ2n) is 8.06. The zero-order valence-electron chi connectivity index (χ0n) is 18.7. The van der Waals surface area contributed by atoms with Gasteiger partial charge in [0.2, 0.25) is 15.9 Å². The van der Waals surface area contributed by atoms with Crippen molar-refractivity contribution in [3.8, 4) is 0 Å². The van der Waals surface area contributed by atoms with Crippen molar-refractivity contribution in [2.45, 2.75) is 56.9 Å². The molecule has 1 aliphatic rings. The van der Waals surface area contributed by atoms with Crippen molar-refractivity contribution in [3.05, 3.63) is 29.8 Å². The monoisotopic (exact) mass is 438 g/mol. The Morgan fingerprint density at radius 1 is 1.20 bits per heavy atom. The molecule has 1 aromatic rings. The zero-order chi connectivity index (χ0) is 22.0. The molecular weight excluding hydrogens is 400 g/mol. The molecule has 1 aromatic carbocycles. The van der Waals surface area contributed by atoms with Gasteiger partial charge in [0, 0.05) is 19.1 Å². The molecule has 7 nitrogen and oxygen atoms in total. The fraction of sp³-hybridized carbons (Fsp3) is 0.682. The molecule has 170 valence electrons. The summed E-state index contributed by atoms with van der Waals surface area (Å²) in [4.78, 5) is 16.9. The highest BCUT2D eigenvalue weighted by Gasteiger charge is 2.17. The molecule has 1 heterocycles. The van der Waals surface area contributed by atoms with Crippen LogP contribution in [-0.4, -0.2) is 76.5 Å². The van der Waals surface area contributed by atoms with Crippen LogP contribution in [0.5, 0.6) is 0 Å². The number of hydrogen-bond acceptors (Lipinski definition) is 5. The van der Waals surface area contributed by atoms with E-state index < -0.39 is 10.0 Å². The van der Waals surface area contributed by atoms with Gasteiger partial charge in [-0.05, 0) is 83.4 Å². The van der Waals surface area contributed by atoms with Gasteiger partial charge in [-0.3, -0.25) is 4.79 Å². The van der Waals surface area contributed by atoms with E-state index in [0.29, 0.717) is 17.5 Å². The Hall–Kier alpha value is -1.48. The van der Waals surface area contributed by atoms with Crippen molar-refractivity contribution in [2.24, 2.45) is 0 Å². The Kier molecular flexibility index (Phi) is 10.2. The first kappa shape index (κ1) is 24.8. The van der Waals surface area contributed by atoms with Gasteiger partial charge in [-0.2, -0.15) is 0 Å². The lowest BCUT2D eigenvalue weighted by atomic mass is 10.1. The van der Waals surface area contributed by atoms with E-state index in [9.17, 15) is 13.2 Å². The lowest BCUT2D eigenvalue weighted by molar-refractivity contribution is -0.129. The number of rotatable bonds is 12. The molecule has 1 aliphatic heterocycles. The van der Waals surface area contributed by atoms with E-state index in [1.165, 1.54) is 7.05 Å². The Morgan fingerprint density at radius 3 is 2.60 bits per heavy atom. The Labute approximate surface area is 182 Å². The molecule has 1 unspecified atom stereocenters. The number of hydrogen-bond donors (Lipinski definition) is 2. The van der Waals surface area contributed by atoms with Gasteiger partial charge in [0.25, 0.3) is 0 Å². The van der Waals surface area contributed by atoms with Crippen molar-refractivity contribution in [3.63, 3.8) is 0 Å². The maximum Gasteiger partial charge on any atom is 0.240 e. The molecular formula is C22H38N4O3S. The third kappa shape index (κ3) is 7.65. The fourth-order valence-corrected chi connectivity index (χ4v) is 4.64. The van der Waals surface area contributed by atoms with Crippen molar-refractivity contribution in [2.75, 3.05) is 46.3 Å². The minimum atomic E-state index is -3.39. The van der Waals surface area contributed by atoms with E-state index >= 15 is 0 Å². The summed E-state index contributed by atoms with van der Waals surface area (Å²) in [5.41, 5.74) is 1.14. The minimum Gasteiger partial charge on any atom is -0.342 e. The van der Waals surface area contributed by atoms with E-state index in [2.05, 4.69) is 28.8 Å².